The second-order valence-electron chi connectivity index (χ2n) is 5.98. The summed E-state index contributed by atoms with van der Waals surface area (Å²) in [6.07, 6.45) is 0. The van der Waals surface area contributed by atoms with Crippen molar-refractivity contribution in [2.45, 2.75) is 78.1 Å². The van der Waals surface area contributed by atoms with Gasteiger partial charge in [-0.1, -0.05) is 55.4 Å². The summed E-state index contributed by atoms with van der Waals surface area (Å²) in [5, 5.41) is 0. The van der Waals surface area contributed by atoms with Gasteiger partial charge in [-0.3, -0.25) is 0 Å². The van der Waals surface area contributed by atoms with Gasteiger partial charge in [-0.05, 0) is 22.7 Å². The van der Waals surface area contributed by atoms with Gasteiger partial charge in [0.15, 0.2) is 0 Å². The SMILES string of the molecule is CC(C)N([Si](Cl)C(C)C)[Si](Cl)(C(C)C)C(C)C. The van der Waals surface area contributed by atoms with Crippen LogP contribution >= 0.6 is 22.2 Å². The number of nitrogens with zero attached hydrogens (tertiary/aromatic N) is 1. The lowest BCUT2D eigenvalue weighted by atomic mass is 10.4. The second kappa shape index (κ2) is 6.94. The third kappa shape index (κ3) is 3.97. The number of rotatable bonds is 6. The van der Waals surface area contributed by atoms with Gasteiger partial charge in [-0.25, -0.2) is 0 Å². The van der Waals surface area contributed by atoms with Crippen molar-refractivity contribution in [3.05, 3.63) is 0 Å². The molecule has 5 heteroatoms. The molecule has 0 heterocycles. The van der Waals surface area contributed by atoms with Crippen LogP contribution in [0.4, 0.5) is 0 Å². The molecule has 0 atom stereocenters. The molecule has 0 unspecified atom stereocenters. The Morgan fingerprint density at radius 3 is 1.41 bits per heavy atom. The first kappa shape index (κ1) is 18.0. The van der Waals surface area contributed by atoms with E-state index in [0.29, 0.717) is 22.7 Å². The molecule has 0 aliphatic rings. The van der Waals surface area contributed by atoms with Crippen molar-refractivity contribution in [1.82, 2.24) is 4.23 Å². The van der Waals surface area contributed by atoms with Crippen LogP contribution in [0.3, 0.4) is 0 Å². The van der Waals surface area contributed by atoms with Gasteiger partial charge in [0, 0.05) is 0 Å². The number of hydrogen-bond donors (Lipinski definition) is 0. The quantitative estimate of drug-likeness (QED) is 0.473. The Labute approximate surface area is 120 Å². The highest BCUT2D eigenvalue weighted by atomic mass is 35.6. The zero-order chi connectivity index (χ0) is 14.0. The van der Waals surface area contributed by atoms with E-state index in [1.54, 1.807) is 0 Å². The first-order valence-electron chi connectivity index (χ1n) is 6.57. The minimum absolute atomic E-state index is 0.442. The summed E-state index contributed by atoms with van der Waals surface area (Å²) in [6, 6.07) is 0.442. The van der Waals surface area contributed by atoms with Gasteiger partial charge in [0.05, 0.1) is 0 Å². The van der Waals surface area contributed by atoms with Crippen molar-refractivity contribution in [3.8, 4) is 0 Å². The molecular formula is C12H28Cl2NSi2. The van der Waals surface area contributed by atoms with E-state index in [9.17, 15) is 0 Å². The van der Waals surface area contributed by atoms with Crippen LogP contribution in [0.25, 0.3) is 0 Å². The fourth-order valence-corrected chi connectivity index (χ4v) is 13.9. The third-order valence-electron chi connectivity index (χ3n) is 3.21. The summed E-state index contributed by atoms with van der Waals surface area (Å²) in [5.41, 5.74) is 1.56. The van der Waals surface area contributed by atoms with E-state index in [1.807, 2.05) is 0 Å². The first-order chi connectivity index (χ1) is 7.56. The van der Waals surface area contributed by atoms with Crippen molar-refractivity contribution in [3.63, 3.8) is 0 Å². The summed E-state index contributed by atoms with van der Waals surface area (Å²) in [7, 11) is -3.06. The summed E-state index contributed by atoms with van der Waals surface area (Å²) < 4.78 is 2.51. The maximum absolute atomic E-state index is 7.11. The van der Waals surface area contributed by atoms with Crippen LogP contribution in [0, 0.1) is 0 Å². The van der Waals surface area contributed by atoms with Crippen LogP contribution < -0.4 is 0 Å². The van der Waals surface area contributed by atoms with E-state index in [2.05, 4.69) is 59.6 Å². The summed E-state index contributed by atoms with van der Waals surface area (Å²) in [4.78, 5) is 0. The van der Waals surface area contributed by atoms with Gasteiger partial charge in [-0.2, -0.15) is 0 Å². The average Bonchev–Trinajstić information content (AvgIpc) is 2.15. The van der Waals surface area contributed by atoms with Crippen LogP contribution in [-0.4, -0.2) is 26.1 Å². The second-order valence-corrected chi connectivity index (χ2v) is 15.9. The molecule has 0 saturated heterocycles. The van der Waals surface area contributed by atoms with E-state index in [-0.39, 0.29) is 0 Å². The molecule has 0 amide bonds. The number of halogens is 2. The Bertz CT molecular complexity index is 225. The molecule has 0 aliphatic carbocycles. The first-order valence-corrected chi connectivity index (χ1v) is 12.2. The Balaban J connectivity index is 5.41. The molecule has 0 aromatic carbocycles. The molecule has 0 aromatic rings. The molecule has 0 saturated carbocycles. The monoisotopic (exact) mass is 312 g/mol. The molecule has 0 aliphatic heterocycles. The molecule has 103 valence electrons. The summed E-state index contributed by atoms with van der Waals surface area (Å²) in [6.45, 7) is 17.9. The molecule has 0 N–H and O–H groups in total. The lowest BCUT2D eigenvalue weighted by molar-refractivity contribution is 0.500. The molecule has 0 bridgehead atoms. The smallest absolute Gasteiger partial charge is 0.248 e. The average molecular weight is 313 g/mol. The van der Waals surface area contributed by atoms with E-state index in [4.69, 9.17) is 22.2 Å². The zero-order valence-corrected chi connectivity index (χ0v) is 16.0. The summed E-state index contributed by atoms with van der Waals surface area (Å²) in [5.74, 6) is 0. The predicted molar refractivity (Wildman–Crippen MR) is 85.5 cm³/mol. The molecule has 17 heavy (non-hydrogen) atoms. The van der Waals surface area contributed by atoms with Crippen molar-refractivity contribution in [2.75, 3.05) is 0 Å². The van der Waals surface area contributed by atoms with Gasteiger partial charge in [0.2, 0.25) is 15.8 Å². The minimum Gasteiger partial charge on any atom is -0.319 e. The fraction of sp³-hybridized carbons (Fsp3) is 1.00. The summed E-state index contributed by atoms with van der Waals surface area (Å²) >= 11 is 13.8. The predicted octanol–water partition coefficient (Wildman–Crippen LogP) is 5.33. The van der Waals surface area contributed by atoms with Crippen molar-refractivity contribution >= 4 is 38.0 Å². The highest BCUT2D eigenvalue weighted by Crippen LogP contribution is 2.42. The van der Waals surface area contributed by atoms with E-state index < -0.39 is 15.8 Å². The standard InChI is InChI=1S/C12H28Cl2NSi2/c1-9(2)15(16(13)10(3)4)17(14,11(5)6)12(7)8/h9-12H,1-8H3. The van der Waals surface area contributed by atoms with Crippen LogP contribution in [0.5, 0.6) is 0 Å². The maximum atomic E-state index is 7.11. The van der Waals surface area contributed by atoms with Crippen molar-refractivity contribution in [1.29, 1.82) is 0 Å². The van der Waals surface area contributed by atoms with Gasteiger partial charge in [0.25, 0.3) is 0 Å². The van der Waals surface area contributed by atoms with Gasteiger partial charge < -0.3 is 4.23 Å². The minimum atomic E-state index is -2.00. The van der Waals surface area contributed by atoms with Crippen LogP contribution in [0.1, 0.15) is 55.4 Å². The van der Waals surface area contributed by atoms with Gasteiger partial charge >= 0.3 is 0 Å². The van der Waals surface area contributed by atoms with Crippen molar-refractivity contribution < 1.29 is 0 Å². The topological polar surface area (TPSA) is 3.24 Å². The van der Waals surface area contributed by atoms with Gasteiger partial charge in [-0.15, -0.1) is 22.2 Å². The van der Waals surface area contributed by atoms with Gasteiger partial charge in [0.1, 0.15) is 0 Å². The van der Waals surface area contributed by atoms with E-state index >= 15 is 0 Å². The molecule has 0 aromatic heterocycles. The highest BCUT2D eigenvalue weighted by molar-refractivity contribution is 7.26. The normalized spacial score (nSPS) is 14.1. The molecule has 0 rings (SSSR count). The van der Waals surface area contributed by atoms with Crippen LogP contribution in [-0.2, 0) is 0 Å². The molecule has 1 radical (unpaired) electrons. The Kier molecular flexibility index (Phi) is 7.34. The highest BCUT2D eigenvalue weighted by Gasteiger charge is 2.49. The Morgan fingerprint density at radius 1 is 0.882 bits per heavy atom. The maximum Gasteiger partial charge on any atom is 0.248 e. The molecule has 0 spiro atoms. The molecule has 1 nitrogen and oxygen atoms in total. The van der Waals surface area contributed by atoms with Crippen LogP contribution in [0.2, 0.25) is 16.6 Å². The Hall–Kier alpha value is 0.974. The molecular weight excluding hydrogens is 285 g/mol. The lowest BCUT2D eigenvalue weighted by Gasteiger charge is -2.48. The Morgan fingerprint density at radius 2 is 1.24 bits per heavy atom. The lowest BCUT2D eigenvalue weighted by Crippen LogP contribution is -2.61. The van der Waals surface area contributed by atoms with E-state index in [0.717, 1.165) is 0 Å². The van der Waals surface area contributed by atoms with E-state index in [1.165, 1.54) is 0 Å². The largest absolute Gasteiger partial charge is 0.319 e. The van der Waals surface area contributed by atoms with Crippen LogP contribution in [0.15, 0.2) is 0 Å². The fourth-order valence-electron chi connectivity index (χ4n) is 2.31. The van der Waals surface area contributed by atoms with Crippen molar-refractivity contribution in [2.24, 2.45) is 0 Å². The third-order valence-corrected chi connectivity index (χ3v) is 17.3. The zero-order valence-electron chi connectivity index (χ0n) is 12.5. The number of hydrogen-bond acceptors (Lipinski definition) is 1. The molecule has 0 fully saturated rings.